The number of carbonyl (C=O) groups is 1. The van der Waals surface area contributed by atoms with E-state index >= 15 is 0 Å². The molecule has 2 rings (SSSR count). The third-order valence-electron chi connectivity index (χ3n) is 5.12. The van der Waals surface area contributed by atoms with Crippen molar-refractivity contribution < 1.29 is 23.5 Å². The summed E-state index contributed by atoms with van der Waals surface area (Å²) in [5.41, 5.74) is -0.785. The summed E-state index contributed by atoms with van der Waals surface area (Å²) < 4.78 is 27.1. The molecule has 0 aliphatic carbocycles. The van der Waals surface area contributed by atoms with E-state index in [1.807, 2.05) is 13.1 Å². The molecule has 4 atom stereocenters. The Balaban J connectivity index is 2.13. The minimum Gasteiger partial charge on any atom is -0.414 e. The normalized spacial score (nSPS) is 26.2. The van der Waals surface area contributed by atoms with Crippen LogP contribution in [0.15, 0.2) is 17.1 Å². The van der Waals surface area contributed by atoms with Crippen LogP contribution in [-0.2, 0) is 14.0 Å². The standard InChI is InChI=1S/C17H28FN3O5Si/c1-10(22)19-12-7-8-21(16(24)20-12)15-13(18)14(23)11(26-15)9-25-27(5,6)17(2,3)4/h7-8,11,13-15,23H,9H2,1-6H3,(H,19,20,22,24)/t11-,13-,14-,15-/m1/s1. The average molecular weight is 402 g/mol. The summed E-state index contributed by atoms with van der Waals surface area (Å²) in [7, 11) is -2.09. The molecular formula is C17H28FN3O5Si. The summed E-state index contributed by atoms with van der Waals surface area (Å²) in [6, 6.07) is 1.37. The zero-order chi connectivity index (χ0) is 20.6. The Morgan fingerprint density at radius 2 is 2.11 bits per heavy atom. The van der Waals surface area contributed by atoms with Gasteiger partial charge < -0.3 is 19.6 Å². The second-order valence-corrected chi connectivity index (χ2v) is 13.1. The predicted molar refractivity (Wildman–Crippen MR) is 101 cm³/mol. The van der Waals surface area contributed by atoms with E-state index in [9.17, 15) is 19.1 Å². The number of nitrogens with one attached hydrogen (secondary N) is 1. The second kappa shape index (κ2) is 7.78. The van der Waals surface area contributed by atoms with Crippen molar-refractivity contribution in [2.45, 2.75) is 70.4 Å². The molecule has 0 radical (unpaired) electrons. The summed E-state index contributed by atoms with van der Waals surface area (Å²) in [6.07, 6.45) is -4.13. The van der Waals surface area contributed by atoms with Crippen molar-refractivity contribution in [1.82, 2.24) is 9.55 Å². The topological polar surface area (TPSA) is 103 Å². The molecule has 1 aromatic heterocycles. The molecule has 152 valence electrons. The van der Waals surface area contributed by atoms with Gasteiger partial charge >= 0.3 is 5.69 Å². The minimum atomic E-state index is -2.09. The first kappa shape index (κ1) is 21.7. The van der Waals surface area contributed by atoms with Crippen LogP contribution in [0.25, 0.3) is 0 Å². The lowest BCUT2D eigenvalue weighted by Crippen LogP contribution is -2.44. The van der Waals surface area contributed by atoms with Gasteiger partial charge in [0.25, 0.3) is 0 Å². The molecule has 1 aliphatic heterocycles. The number of aromatic nitrogens is 2. The van der Waals surface area contributed by atoms with Gasteiger partial charge in [-0.25, -0.2) is 9.18 Å². The summed E-state index contributed by atoms with van der Waals surface area (Å²) in [6.45, 7) is 11.7. The van der Waals surface area contributed by atoms with E-state index in [-0.39, 0.29) is 23.4 Å². The Morgan fingerprint density at radius 1 is 1.48 bits per heavy atom. The number of rotatable bonds is 5. The maximum absolute atomic E-state index is 14.6. The number of hydrogen-bond acceptors (Lipinski definition) is 6. The SMILES string of the molecule is CC(=O)Nc1ccn([C@@H]2O[C@H](CO[Si](C)(C)C(C)(C)C)[C@@H](O)[C@H]2F)c(=O)n1. The average Bonchev–Trinajstić information content (AvgIpc) is 2.80. The van der Waals surface area contributed by atoms with Gasteiger partial charge in [-0.15, -0.1) is 0 Å². The third-order valence-corrected chi connectivity index (χ3v) is 9.62. The maximum atomic E-state index is 14.6. The van der Waals surface area contributed by atoms with Gasteiger partial charge in [0, 0.05) is 13.1 Å². The van der Waals surface area contributed by atoms with Crippen LogP contribution >= 0.6 is 0 Å². The number of alkyl halides is 1. The molecule has 1 amide bonds. The molecular weight excluding hydrogens is 373 g/mol. The monoisotopic (exact) mass is 401 g/mol. The lowest BCUT2D eigenvalue weighted by Gasteiger charge is -2.37. The molecule has 0 aromatic carbocycles. The van der Waals surface area contributed by atoms with Gasteiger partial charge in [-0.05, 0) is 24.2 Å². The molecule has 1 aromatic rings. The van der Waals surface area contributed by atoms with Crippen LogP contribution < -0.4 is 11.0 Å². The lowest BCUT2D eigenvalue weighted by molar-refractivity contribution is -0.114. The maximum Gasteiger partial charge on any atom is 0.351 e. The number of ether oxygens (including phenoxy) is 1. The molecule has 2 N–H and O–H groups in total. The highest BCUT2D eigenvalue weighted by Crippen LogP contribution is 2.38. The summed E-state index contributed by atoms with van der Waals surface area (Å²) in [5, 5.41) is 12.5. The van der Waals surface area contributed by atoms with E-state index in [1.54, 1.807) is 0 Å². The van der Waals surface area contributed by atoms with Gasteiger partial charge in [-0.1, -0.05) is 20.8 Å². The van der Waals surface area contributed by atoms with Gasteiger partial charge in [0.2, 0.25) is 5.91 Å². The van der Waals surface area contributed by atoms with Gasteiger partial charge in [0.15, 0.2) is 20.7 Å². The quantitative estimate of drug-likeness (QED) is 0.730. The fraction of sp³-hybridized carbons (Fsp3) is 0.706. The Morgan fingerprint density at radius 3 is 2.63 bits per heavy atom. The van der Waals surface area contributed by atoms with Gasteiger partial charge in [0.05, 0.1) is 6.61 Å². The smallest absolute Gasteiger partial charge is 0.351 e. The Hall–Kier alpha value is -1.62. The van der Waals surface area contributed by atoms with E-state index in [4.69, 9.17) is 9.16 Å². The molecule has 27 heavy (non-hydrogen) atoms. The number of anilines is 1. The highest BCUT2D eigenvalue weighted by atomic mass is 28.4. The van der Waals surface area contributed by atoms with Crippen LogP contribution in [-0.4, -0.2) is 53.9 Å². The fourth-order valence-corrected chi connectivity index (χ4v) is 3.44. The van der Waals surface area contributed by atoms with Crippen molar-refractivity contribution in [2.24, 2.45) is 0 Å². The van der Waals surface area contributed by atoms with Crippen LogP contribution in [0.3, 0.4) is 0 Å². The van der Waals surface area contributed by atoms with Crippen molar-refractivity contribution in [3.05, 3.63) is 22.7 Å². The molecule has 1 aliphatic rings. The van der Waals surface area contributed by atoms with E-state index in [0.717, 1.165) is 4.57 Å². The van der Waals surface area contributed by atoms with Crippen molar-refractivity contribution >= 4 is 20.0 Å². The summed E-state index contributed by atoms with van der Waals surface area (Å²) >= 11 is 0. The highest BCUT2D eigenvalue weighted by molar-refractivity contribution is 6.74. The largest absolute Gasteiger partial charge is 0.414 e. The van der Waals surface area contributed by atoms with Crippen molar-refractivity contribution in [2.75, 3.05) is 11.9 Å². The fourth-order valence-electron chi connectivity index (χ4n) is 2.43. The van der Waals surface area contributed by atoms with Crippen molar-refractivity contribution in [1.29, 1.82) is 0 Å². The first-order valence-corrected chi connectivity index (χ1v) is 11.7. The number of nitrogens with zero attached hydrogens (tertiary/aromatic N) is 2. The van der Waals surface area contributed by atoms with Gasteiger partial charge in [0.1, 0.15) is 18.0 Å². The number of halogens is 1. The predicted octanol–water partition coefficient (Wildman–Crippen LogP) is 1.82. The molecule has 0 spiro atoms. The Bertz CT molecular complexity index is 749. The van der Waals surface area contributed by atoms with Crippen LogP contribution in [0.5, 0.6) is 0 Å². The first-order chi connectivity index (χ1) is 12.3. The number of amides is 1. The van der Waals surface area contributed by atoms with E-state index in [2.05, 4.69) is 31.1 Å². The van der Waals surface area contributed by atoms with Crippen LogP contribution in [0.4, 0.5) is 10.2 Å². The second-order valence-electron chi connectivity index (χ2n) is 8.26. The highest BCUT2D eigenvalue weighted by Gasteiger charge is 2.47. The van der Waals surface area contributed by atoms with Gasteiger partial charge in [-0.2, -0.15) is 4.98 Å². The van der Waals surface area contributed by atoms with E-state index in [0.29, 0.717) is 0 Å². The number of aliphatic hydroxyl groups is 1. The Labute approximate surface area is 158 Å². The van der Waals surface area contributed by atoms with E-state index in [1.165, 1.54) is 19.2 Å². The number of aliphatic hydroxyl groups excluding tert-OH is 1. The number of hydrogen-bond donors (Lipinski definition) is 2. The van der Waals surface area contributed by atoms with Crippen LogP contribution in [0, 0.1) is 0 Å². The van der Waals surface area contributed by atoms with E-state index < -0.39 is 38.6 Å². The van der Waals surface area contributed by atoms with Gasteiger partial charge in [-0.3, -0.25) is 9.36 Å². The zero-order valence-corrected chi connectivity index (χ0v) is 17.5. The minimum absolute atomic E-state index is 0.0362. The molecule has 0 unspecified atom stereocenters. The molecule has 2 heterocycles. The third kappa shape index (κ3) is 4.81. The number of carbonyl (C=O) groups excluding carboxylic acids is 1. The zero-order valence-electron chi connectivity index (χ0n) is 16.5. The Kier molecular flexibility index (Phi) is 6.25. The molecule has 0 saturated carbocycles. The molecule has 1 fully saturated rings. The molecule has 10 heteroatoms. The summed E-state index contributed by atoms with van der Waals surface area (Å²) in [4.78, 5) is 26.9. The van der Waals surface area contributed by atoms with Crippen molar-refractivity contribution in [3.8, 4) is 0 Å². The molecule has 0 bridgehead atoms. The molecule has 1 saturated heterocycles. The van der Waals surface area contributed by atoms with Crippen LogP contribution in [0.2, 0.25) is 18.1 Å². The summed E-state index contributed by atoms with van der Waals surface area (Å²) in [5.74, 6) is -0.311. The molecule has 8 nitrogen and oxygen atoms in total. The van der Waals surface area contributed by atoms with Crippen molar-refractivity contribution in [3.63, 3.8) is 0 Å². The lowest BCUT2D eigenvalue weighted by atomic mass is 10.1. The first-order valence-electron chi connectivity index (χ1n) is 8.82. The van der Waals surface area contributed by atoms with Crippen LogP contribution in [0.1, 0.15) is 33.9 Å².